The fourth-order valence-electron chi connectivity index (χ4n) is 1.72. The monoisotopic (exact) mass is 241 g/mol. The summed E-state index contributed by atoms with van der Waals surface area (Å²) < 4.78 is 4.51. The zero-order chi connectivity index (χ0) is 12.7. The molecule has 0 bridgehead atoms. The van der Waals surface area contributed by atoms with Gasteiger partial charge in [-0.3, -0.25) is 4.79 Å². The van der Waals surface area contributed by atoms with Gasteiger partial charge in [0.25, 0.3) is 0 Å². The minimum Gasteiger partial charge on any atom is -0.453 e. The number of carbonyl (C=O) groups excluding carboxylic acids is 2. The third-order valence-electron chi connectivity index (χ3n) is 2.61. The molecule has 0 aromatic heterocycles. The van der Waals surface area contributed by atoms with Gasteiger partial charge in [-0.2, -0.15) is 0 Å². The summed E-state index contributed by atoms with van der Waals surface area (Å²) in [5.74, 6) is 0.0426. The van der Waals surface area contributed by atoms with Crippen LogP contribution in [-0.2, 0) is 9.53 Å². The molecule has 2 N–H and O–H groups in total. The van der Waals surface area contributed by atoms with E-state index in [2.05, 4.69) is 21.9 Å². The summed E-state index contributed by atoms with van der Waals surface area (Å²) in [5, 5.41) is 5.65. The van der Waals surface area contributed by atoms with Crippen molar-refractivity contribution in [1.29, 1.82) is 0 Å². The molecular weight excluding hydrogens is 222 g/mol. The second kappa shape index (κ2) is 6.90. The Balaban J connectivity index is 2.26. The van der Waals surface area contributed by atoms with Gasteiger partial charge in [-0.1, -0.05) is 6.08 Å². The van der Waals surface area contributed by atoms with E-state index < -0.39 is 6.09 Å². The summed E-state index contributed by atoms with van der Waals surface area (Å²) in [6.07, 6.45) is 2.02. The van der Waals surface area contributed by atoms with Crippen LogP contribution in [0.25, 0.3) is 0 Å². The number of rotatable bonds is 5. The van der Waals surface area contributed by atoms with E-state index in [-0.39, 0.29) is 11.9 Å². The van der Waals surface area contributed by atoms with Crippen LogP contribution in [0.3, 0.4) is 0 Å². The smallest absolute Gasteiger partial charge is 0.407 e. The SMILES string of the molecule is C=CCNCC(=O)N1CCC(NC(=O)OC)C1. The predicted octanol–water partition coefficient (Wildman–Crippen LogP) is -0.281. The van der Waals surface area contributed by atoms with Crippen molar-refractivity contribution in [3.63, 3.8) is 0 Å². The molecule has 0 saturated carbocycles. The zero-order valence-corrected chi connectivity index (χ0v) is 10.1. The van der Waals surface area contributed by atoms with Gasteiger partial charge in [0.05, 0.1) is 19.7 Å². The summed E-state index contributed by atoms with van der Waals surface area (Å²) in [6, 6.07) is -0.00851. The predicted molar refractivity (Wildman–Crippen MR) is 63.6 cm³/mol. The highest BCUT2D eigenvalue weighted by atomic mass is 16.5. The zero-order valence-electron chi connectivity index (χ0n) is 10.1. The molecule has 0 spiro atoms. The summed E-state index contributed by atoms with van der Waals surface area (Å²) in [4.78, 5) is 24.4. The number of ether oxygens (including phenoxy) is 1. The molecule has 1 atom stereocenters. The van der Waals surface area contributed by atoms with E-state index in [1.807, 2.05) is 0 Å². The van der Waals surface area contributed by atoms with Crippen LogP contribution in [0, 0.1) is 0 Å². The number of likely N-dealkylation sites (tertiary alicyclic amines) is 1. The molecule has 17 heavy (non-hydrogen) atoms. The first kappa shape index (κ1) is 13.5. The van der Waals surface area contributed by atoms with Gasteiger partial charge in [0, 0.05) is 19.6 Å². The third-order valence-corrected chi connectivity index (χ3v) is 2.61. The molecule has 2 amide bonds. The van der Waals surface area contributed by atoms with Crippen LogP contribution in [0.4, 0.5) is 4.79 Å². The number of alkyl carbamates (subject to hydrolysis) is 1. The molecule has 6 heteroatoms. The van der Waals surface area contributed by atoms with Crippen LogP contribution < -0.4 is 10.6 Å². The van der Waals surface area contributed by atoms with Crippen molar-refractivity contribution in [1.82, 2.24) is 15.5 Å². The number of hydrogen-bond donors (Lipinski definition) is 2. The first-order valence-electron chi connectivity index (χ1n) is 5.61. The second-order valence-corrected chi connectivity index (χ2v) is 3.88. The summed E-state index contributed by atoms with van der Waals surface area (Å²) in [5.41, 5.74) is 0. The lowest BCUT2D eigenvalue weighted by molar-refractivity contribution is -0.129. The number of methoxy groups -OCH3 is 1. The molecule has 0 aromatic rings. The minimum absolute atomic E-state index is 0.00851. The first-order chi connectivity index (χ1) is 8.17. The Morgan fingerprint density at radius 1 is 1.59 bits per heavy atom. The van der Waals surface area contributed by atoms with Crippen molar-refractivity contribution >= 4 is 12.0 Å². The average molecular weight is 241 g/mol. The van der Waals surface area contributed by atoms with Gasteiger partial charge in [-0.25, -0.2) is 4.79 Å². The van der Waals surface area contributed by atoms with Crippen LogP contribution >= 0.6 is 0 Å². The van der Waals surface area contributed by atoms with Crippen molar-refractivity contribution in [3.05, 3.63) is 12.7 Å². The minimum atomic E-state index is -0.450. The molecule has 1 rings (SSSR count). The Morgan fingerprint density at radius 2 is 2.35 bits per heavy atom. The molecule has 6 nitrogen and oxygen atoms in total. The maximum Gasteiger partial charge on any atom is 0.407 e. The van der Waals surface area contributed by atoms with E-state index in [0.717, 1.165) is 6.42 Å². The van der Waals surface area contributed by atoms with Crippen LogP contribution in [0.1, 0.15) is 6.42 Å². The van der Waals surface area contributed by atoms with Gasteiger partial charge in [-0.15, -0.1) is 6.58 Å². The molecule has 1 saturated heterocycles. The highest BCUT2D eigenvalue weighted by molar-refractivity contribution is 5.78. The quantitative estimate of drug-likeness (QED) is 0.513. The van der Waals surface area contributed by atoms with Gasteiger partial charge in [0.2, 0.25) is 5.91 Å². The van der Waals surface area contributed by atoms with Crippen LogP contribution in [0.15, 0.2) is 12.7 Å². The molecule has 1 aliphatic rings. The van der Waals surface area contributed by atoms with Gasteiger partial charge >= 0.3 is 6.09 Å². The number of amides is 2. The molecule has 96 valence electrons. The van der Waals surface area contributed by atoms with Crippen LogP contribution in [0.5, 0.6) is 0 Å². The van der Waals surface area contributed by atoms with Gasteiger partial charge in [0.15, 0.2) is 0 Å². The lowest BCUT2D eigenvalue weighted by Crippen LogP contribution is -2.41. The summed E-state index contributed by atoms with van der Waals surface area (Å²) in [6.45, 7) is 5.69. The Bertz CT molecular complexity index is 294. The maximum absolute atomic E-state index is 11.7. The van der Waals surface area contributed by atoms with E-state index >= 15 is 0 Å². The molecule has 0 aliphatic carbocycles. The lowest BCUT2D eigenvalue weighted by Gasteiger charge is -2.16. The Labute approximate surface area is 101 Å². The lowest BCUT2D eigenvalue weighted by atomic mass is 10.3. The highest BCUT2D eigenvalue weighted by Crippen LogP contribution is 2.09. The Morgan fingerprint density at radius 3 is 3.00 bits per heavy atom. The average Bonchev–Trinajstić information content (AvgIpc) is 2.77. The van der Waals surface area contributed by atoms with Crippen LogP contribution in [-0.4, -0.2) is 56.2 Å². The van der Waals surface area contributed by atoms with Gasteiger partial charge in [-0.05, 0) is 6.42 Å². The van der Waals surface area contributed by atoms with Crippen molar-refractivity contribution in [3.8, 4) is 0 Å². The molecule has 1 aliphatic heterocycles. The van der Waals surface area contributed by atoms with Crippen molar-refractivity contribution in [2.24, 2.45) is 0 Å². The Kier molecular flexibility index (Phi) is 5.48. The topological polar surface area (TPSA) is 70.7 Å². The molecule has 0 aromatic carbocycles. The normalized spacial score (nSPS) is 18.9. The standard InChI is InChI=1S/C11H19N3O3/c1-3-5-12-7-10(15)14-6-4-9(8-14)13-11(16)17-2/h3,9,12H,1,4-8H2,2H3,(H,13,16). The van der Waals surface area contributed by atoms with Gasteiger partial charge in [0.1, 0.15) is 0 Å². The van der Waals surface area contributed by atoms with Crippen molar-refractivity contribution in [2.75, 3.05) is 33.3 Å². The van der Waals surface area contributed by atoms with E-state index in [1.54, 1.807) is 11.0 Å². The molecule has 1 heterocycles. The fraction of sp³-hybridized carbons (Fsp3) is 0.636. The van der Waals surface area contributed by atoms with E-state index in [4.69, 9.17) is 0 Å². The van der Waals surface area contributed by atoms with E-state index in [0.29, 0.717) is 26.2 Å². The van der Waals surface area contributed by atoms with Crippen molar-refractivity contribution in [2.45, 2.75) is 12.5 Å². The van der Waals surface area contributed by atoms with Crippen LogP contribution in [0.2, 0.25) is 0 Å². The Hall–Kier alpha value is -1.56. The third kappa shape index (κ3) is 4.44. The molecule has 1 unspecified atom stereocenters. The summed E-state index contributed by atoms with van der Waals surface area (Å²) in [7, 11) is 1.33. The summed E-state index contributed by atoms with van der Waals surface area (Å²) >= 11 is 0. The highest BCUT2D eigenvalue weighted by Gasteiger charge is 2.26. The largest absolute Gasteiger partial charge is 0.453 e. The number of nitrogens with one attached hydrogen (secondary N) is 2. The number of nitrogens with zero attached hydrogens (tertiary/aromatic N) is 1. The number of carbonyl (C=O) groups is 2. The molecular formula is C11H19N3O3. The fourth-order valence-corrected chi connectivity index (χ4v) is 1.72. The van der Waals surface area contributed by atoms with E-state index in [9.17, 15) is 9.59 Å². The number of hydrogen-bond acceptors (Lipinski definition) is 4. The maximum atomic E-state index is 11.7. The van der Waals surface area contributed by atoms with Gasteiger partial charge < -0.3 is 20.3 Å². The molecule has 1 fully saturated rings. The second-order valence-electron chi connectivity index (χ2n) is 3.88. The molecule has 0 radical (unpaired) electrons. The van der Waals surface area contributed by atoms with E-state index in [1.165, 1.54) is 7.11 Å². The first-order valence-corrected chi connectivity index (χ1v) is 5.61. The van der Waals surface area contributed by atoms with Crippen molar-refractivity contribution < 1.29 is 14.3 Å².